The van der Waals surface area contributed by atoms with Crippen molar-refractivity contribution in [1.29, 1.82) is 0 Å². The van der Waals surface area contributed by atoms with Crippen LogP contribution in [0.15, 0.2) is 0 Å². The summed E-state index contributed by atoms with van der Waals surface area (Å²) >= 11 is 0. The second-order valence-electron chi connectivity index (χ2n) is 21.1. The van der Waals surface area contributed by atoms with E-state index in [1.807, 2.05) is 0 Å². The molecule has 7 aliphatic rings. The minimum Gasteiger partial charge on any atom is -0.454 e. The molecule has 0 aromatic rings. The van der Waals surface area contributed by atoms with Crippen LogP contribution in [-0.4, -0.2) is 139 Å². The molecule has 0 unspecified atom stereocenters. The van der Waals surface area contributed by atoms with Crippen LogP contribution in [0.5, 0.6) is 0 Å². The normalized spacial score (nSPS) is 51.4. The number of carbonyl (C=O) groups excluding carboxylic acids is 1. The minimum absolute atomic E-state index is 0.0115. The molecular formula is C43H72O14. The maximum absolute atomic E-state index is 12.1. The Bertz CT molecular complexity index is 1470. The lowest BCUT2D eigenvalue weighted by Gasteiger charge is -2.65. The zero-order valence-corrected chi connectivity index (χ0v) is 35.3. The van der Waals surface area contributed by atoms with E-state index in [4.69, 9.17) is 23.7 Å². The van der Waals surface area contributed by atoms with Gasteiger partial charge in [0.15, 0.2) is 18.7 Å². The summed E-state index contributed by atoms with van der Waals surface area (Å²) in [6.45, 7) is 15.3. The summed E-state index contributed by atoms with van der Waals surface area (Å²) in [6, 6.07) is 0. The van der Waals surface area contributed by atoms with E-state index in [1.165, 1.54) is 6.92 Å². The molecule has 5 saturated carbocycles. The molecule has 14 nitrogen and oxygen atoms in total. The standard InChI is InChI=1S/C43H72O14/c1-21(9-10-28(47)39(5,6)52)23-11-13-41(8)27-17-25(55-36-33(51)32(50)31(49)26(18-44)56-36)35-38(3,4)29(12-14-43(35)20-42(27,43)16-15-40(23,41)7)57-37-34(54-22(2)45)30(48)24(46)19-53-37/h21,23-37,44,46-52H,9-20H2,1-8H3/t21-,23-,24-,25+,26-,27+,28+,29+,30+,31-,32+,33-,34-,35+,36-,37+,40-,41+,42+,43-/m1/s1. The summed E-state index contributed by atoms with van der Waals surface area (Å²) in [5, 5.41) is 85.1. The number of hydrogen-bond acceptors (Lipinski definition) is 14. The highest BCUT2D eigenvalue weighted by Gasteiger charge is 2.84. The number of carbonyl (C=O) groups is 1. The fourth-order valence-electron chi connectivity index (χ4n) is 14.4. The molecule has 8 N–H and O–H groups in total. The molecule has 2 heterocycles. The Morgan fingerprint density at radius 2 is 1.56 bits per heavy atom. The summed E-state index contributed by atoms with van der Waals surface area (Å²) in [7, 11) is 0. The van der Waals surface area contributed by atoms with Gasteiger partial charge in [0, 0.05) is 6.92 Å². The molecule has 5 aliphatic carbocycles. The second kappa shape index (κ2) is 15.1. The van der Waals surface area contributed by atoms with Crippen molar-refractivity contribution >= 4 is 5.97 Å². The molecule has 57 heavy (non-hydrogen) atoms. The van der Waals surface area contributed by atoms with E-state index in [1.54, 1.807) is 13.8 Å². The molecule has 20 atom stereocenters. The third kappa shape index (κ3) is 6.86. The van der Waals surface area contributed by atoms with Crippen molar-refractivity contribution in [2.45, 2.75) is 199 Å². The van der Waals surface area contributed by atoms with E-state index < -0.39 is 97.2 Å². The Morgan fingerprint density at radius 3 is 2.21 bits per heavy atom. The Morgan fingerprint density at radius 1 is 0.860 bits per heavy atom. The highest BCUT2D eigenvalue weighted by molar-refractivity contribution is 5.66. The molecule has 0 bridgehead atoms. The highest BCUT2D eigenvalue weighted by Crippen LogP contribution is 2.89. The van der Waals surface area contributed by atoms with E-state index in [0.29, 0.717) is 31.1 Å². The van der Waals surface area contributed by atoms with Crippen LogP contribution in [0.3, 0.4) is 0 Å². The summed E-state index contributed by atoms with van der Waals surface area (Å²) in [6.07, 6.45) is -4.96. The van der Waals surface area contributed by atoms with Crippen molar-refractivity contribution < 1.29 is 69.3 Å². The smallest absolute Gasteiger partial charge is 0.303 e. The molecule has 7 fully saturated rings. The molecule has 14 heteroatoms. The van der Waals surface area contributed by atoms with Gasteiger partial charge in [-0.15, -0.1) is 0 Å². The molecule has 0 radical (unpaired) electrons. The van der Waals surface area contributed by atoms with Crippen molar-refractivity contribution in [2.24, 2.45) is 50.7 Å². The number of esters is 1. The first-order chi connectivity index (χ1) is 26.5. The number of rotatable bonds is 11. The van der Waals surface area contributed by atoms with Gasteiger partial charge in [-0.2, -0.15) is 0 Å². The number of aliphatic hydroxyl groups excluding tert-OH is 7. The number of ether oxygens (including phenoxy) is 5. The first kappa shape index (κ1) is 44.1. The quantitative estimate of drug-likeness (QED) is 0.111. The van der Waals surface area contributed by atoms with Gasteiger partial charge in [-0.3, -0.25) is 4.79 Å². The predicted octanol–water partition coefficient (Wildman–Crippen LogP) is 2.16. The average Bonchev–Trinajstić information content (AvgIpc) is 3.70. The minimum atomic E-state index is -1.58. The number of hydrogen-bond donors (Lipinski definition) is 8. The lowest BCUT2D eigenvalue weighted by atomic mass is 9.41. The second-order valence-corrected chi connectivity index (χ2v) is 21.1. The molecule has 2 saturated heterocycles. The third-order valence-electron chi connectivity index (χ3n) is 17.6. The van der Waals surface area contributed by atoms with Gasteiger partial charge in [-0.25, -0.2) is 0 Å². The van der Waals surface area contributed by atoms with E-state index in [0.717, 1.165) is 44.9 Å². The highest BCUT2D eigenvalue weighted by atomic mass is 16.7. The van der Waals surface area contributed by atoms with Gasteiger partial charge in [0.25, 0.3) is 0 Å². The largest absolute Gasteiger partial charge is 0.454 e. The van der Waals surface area contributed by atoms with Crippen LogP contribution in [0.25, 0.3) is 0 Å². The van der Waals surface area contributed by atoms with Gasteiger partial charge in [0.1, 0.15) is 36.6 Å². The monoisotopic (exact) mass is 812 g/mol. The van der Waals surface area contributed by atoms with Gasteiger partial charge in [0.2, 0.25) is 0 Å². The van der Waals surface area contributed by atoms with Crippen molar-refractivity contribution in [3.8, 4) is 0 Å². The SMILES string of the molecule is CC(=O)O[C@H]1[C@H](O[C@H]2CC[C@]34C[C@]35CC[C@]3(C)[C@@H]([C@H](C)CC[C@H](O)C(C)(C)O)CC[C@@]3(C)[C@@H]5C[C@H](O[C@@H]3O[C@H](CO)[C@@H](O)[C@H](O)[C@H]3O)[C@H]4C2(C)C)OC[C@@H](O)[C@@H]1O. The average molecular weight is 813 g/mol. The first-order valence-corrected chi connectivity index (χ1v) is 21.7. The van der Waals surface area contributed by atoms with Crippen LogP contribution in [0.2, 0.25) is 0 Å². The molecule has 2 aliphatic heterocycles. The first-order valence-electron chi connectivity index (χ1n) is 21.7. The molecule has 7 rings (SSSR count). The predicted molar refractivity (Wildman–Crippen MR) is 204 cm³/mol. The summed E-state index contributed by atoms with van der Waals surface area (Å²) in [5.74, 6) is 0.297. The Labute approximate surface area is 337 Å². The van der Waals surface area contributed by atoms with Crippen LogP contribution < -0.4 is 0 Å². The van der Waals surface area contributed by atoms with Crippen molar-refractivity contribution in [3.05, 3.63) is 0 Å². The summed E-state index contributed by atoms with van der Waals surface area (Å²) < 4.78 is 31.0. The Balaban J connectivity index is 1.21. The van der Waals surface area contributed by atoms with E-state index in [-0.39, 0.29) is 40.1 Å². The fourth-order valence-corrected chi connectivity index (χ4v) is 14.4. The number of aliphatic hydroxyl groups is 8. The van der Waals surface area contributed by atoms with Crippen molar-refractivity contribution in [3.63, 3.8) is 0 Å². The maximum Gasteiger partial charge on any atom is 0.303 e. The maximum atomic E-state index is 12.1. The van der Waals surface area contributed by atoms with Gasteiger partial charge >= 0.3 is 5.97 Å². The van der Waals surface area contributed by atoms with Crippen LogP contribution in [0.4, 0.5) is 0 Å². The van der Waals surface area contributed by atoms with Crippen molar-refractivity contribution in [1.82, 2.24) is 0 Å². The number of fused-ring (bicyclic) bond motifs is 2. The zero-order chi connectivity index (χ0) is 41.8. The molecule has 0 aromatic heterocycles. The fraction of sp³-hybridized carbons (Fsp3) is 0.977. The van der Waals surface area contributed by atoms with Crippen LogP contribution >= 0.6 is 0 Å². The molecular weight excluding hydrogens is 740 g/mol. The van der Waals surface area contributed by atoms with Crippen LogP contribution in [-0.2, 0) is 28.5 Å². The Kier molecular flexibility index (Phi) is 11.7. The van der Waals surface area contributed by atoms with Gasteiger partial charge in [-0.1, -0.05) is 34.6 Å². The molecule has 328 valence electrons. The van der Waals surface area contributed by atoms with E-state index in [2.05, 4.69) is 34.6 Å². The van der Waals surface area contributed by atoms with Gasteiger partial charge < -0.3 is 64.5 Å². The van der Waals surface area contributed by atoms with Gasteiger partial charge in [-0.05, 0) is 129 Å². The summed E-state index contributed by atoms with van der Waals surface area (Å²) in [4.78, 5) is 12.1. The lowest BCUT2D eigenvalue weighted by molar-refractivity contribution is -0.339. The van der Waals surface area contributed by atoms with Crippen LogP contribution in [0, 0.1) is 50.7 Å². The topological polar surface area (TPSA) is 225 Å². The molecule has 0 amide bonds. The molecule has 0 aromatic carbocycles. The van der Waals surface area contributed by atoms with E-state index >= 15 is 0 Å². The van der Waals surface area contributed by atoms with Crippen LogP contribution in [0.1, 0.15) is 120 Å². The van der Waals surface area contributed by atoms with Gasteiger partial charge in [0.05, 0.1) is 37.1 Å². The van der Waals surface area contributed by atoms with Crippen molar-refractivity contribution in [2.75, 3.05) is 13.2 Å². The lowest BCUT2D eigenvalue weighted by Crippen LogP contribution is -2.65. The molecule has 2 spiro atoms. The van der Waals surface area contributed by atoms with E-state index in [9.17, 15) is 45.6 Å². The Hall–Kier alpha value is -1.01. The zero-order valence-electron chi connectivity index (χ0n) is 35.3. The summed E-state index contributed by atoms with van der Waals surface area (Å²) in [5.41, 5.74) is -1.88. The third-order valence-corrected chi connectivity index (χ3v) is 17.6.